The molecule has 0 radical (unpaired) electrons. The monoisotopic (exact) mass is 455 g/mol. The van der Waals surface area contributed by atoms with Gasteiger partial charge >= 0.3 is 0 Å². The van der Waals surface area contributed by atoms with Crippen molar-refractivity contribution in [3.05, 3.63) is 41.1 Å². The van der Waals surface area contributed by atoms with E-state index in [0.29, 0.717) is 12.8 Å². The molecule has 31 heavy (non-hydrogen) atoms. The molecular weight excluding hydrogens is 436 g/mol. The molecule has 2 heterocycles. The molecule has 0 aliphatic carbocycles. The van der Waals surface area contributed by atoms with E-state index < -0.39 is 33.0 Å². The highest BCUT2D eigenvalue weighted by Crippen LogP contribution is 2.28. The van der Waals surface area contributed by atoms with Crippen molar-refractivity contribution in [2.45, 2.75) is 18.9 Å². The summed E-state index contributed by atoms with van der Waals surface area (Å²) in [5.74, 6) is -3.87. The maximum absolute atomic E-state index is 14.2. The number of halogens is 2. The molecule has 0 saturated carbocycles. The minimum atomic E-state index is -3.91. The number of aromatic nitrogens is 2. The fourth-order valence-corrected chi connectivity index (χ4v) is 4.03. The molecule has 10 nitrogen and oxygen atoms in total. The van der Waals surface area contributed by atoms with Crippen molar-refractivity contribution in [2.75, 3.05) is 31.2 Å². The number of ketones is 1. The third kappa shape index (κ3) is 4.61. The molecule has 1 fully saturated rings. The highest BCUT2D eigenvalue weighted by Gasteiger charge is 2.28. The van der Waals surface area contributed by atoms with Gasteiger partial charge in [-0.05, 0) is 25.0 Å². The Labute approximate surface area is 176 Å². The molecule has 1 aliphatic heterocycles. The predicted octanol–water partition coefficient (Wildman–Crippen LogP) is 0.973. The molecule has 3 N–H and O–H groups in total. The maximum atomic E-state index is 14.2. The van der Waals surface area contributed by atoms with Crippen LogP contribution in [0.2, 0.25) is 0 Å². The van der Waals surface area contributed by atoms with Crippen LogP contribution in [0.4, 0.5) is 20.5 Å². The van der Waals surface area contributed by atoms with E-state index in [9.17, 15) is 26.8 Å². The Morgan fingerprint density at radius 1 is 1.32 bits per heavy atom. The van der Waals surface area contributed by atoms with Gasteiger partial charge in [0.05, 0.1) is 12.7 Å². The Hall–Kier alpha value is -3.19. The number of carbonyl (C=O) groups is 2. The third-order valence-corrected chi connectivity index (χ3v) is 6.16. The van der Waals surface area contributed by atoms with Gasteiger partial charge in [0.2, 0.25) is 17.3 Å². The Morgan fingerprint density at radius 2 is 2.00 bits per heavy atom. The maximum Gasteiger partial charge on any atom is 0.273 e. The molecule has 0 bridgehead atoms. The van der Waals surface area contributed by atoms with Crippen molar-refractivity contribution in [1.82, 2.24) is 14.3 Å². The number of anilines is 2. The number of sulfonamides is 1. The van der Waals surface area contributed by atoms with Crippen molar-refractivity contribution in [2.24, 2.45) is 0 Å². The zero-order chi connectivity index (χ0) is 22.8. The molecular formula is C18H19F2N5O5S. The number of nitrogens with one attached hydrogen (secondary N) is 1. The summed E-state index contributed by atoms with van der Waals surface area (Å²) in [6.07, 6.45) is 1.87. The molecule has 0 amide bonds. The summed E-state index contributed by atoms with van der Waals surface area (Å²) in [5.41, 5.74) is 4.90. The summed E-state index contributed by atoms with van der Waals surface area (Å²) in [4.78, 5) is 31.4. The van der Waals surface area contributed by atoms with Crippen LogP contribution in [0, 0.1) is 11.6 Å². The first kappa shape index (κ1) is 22.5. The summed E-state index contributed by atoms with van der Waals surface area (Å²) in [5, 5.41) is 2.98. The number of hydrogen-bond donors (Lipinski definition) is 2. The first-order chi connectivity index (χ1) is 14.7. The van der Waals surface area contributed by atoms with Crippen molar-refractivity contribution < 1.29 is 31.5 Å². The first-order valence-electron chi connectivity index (χ1n) is 9.09. The quantitative estimate of drug-likeness (QED) is 0.461. The summed E-state index contributed by atoms with van der Waals surface area (Å²) in [6.45, 7) is 0.285. The molecule has 2 aromatic rings. The number of piperidine rings is 1. The van der Waals surface area contributed by atoms with Gasteiger partial charge in [-0.2, -0.15) is 9.29 Å². The fraction of sp³-hybridized carbons (Fsp3) is 0.333. The number of nitrogens with two attached hydrogens (primary N) is 1. The van der Waals surface area contributed by atoms with E-state index in [1.807, 2.05) is 0 Å². The number of ether oxygens (including phenoxy) is 1. The van der Waals surface area contributed by atoms with Crippen LogP contribution in [0.15, 0.2) is 18.3 Å². The van der Waals surface area contributed by atoms with E-state index in [4.69, 9.17) is 10.5 Å². The van der Waals surface area contributed by atoms with Crippen molar-refractivity contribution in [3.8, 4) is 5.75 Å². The lowest BCUT2D eigenvalue weighted by atomic mass is 10.0. The lowest BCUT2D eigenvalue weighted by molar-refractivity contribution is 0.103. The number of carbonyl (C=O) groups excluding carboxylic acids is 2. The van der Waals surface area contributed by atoms with E-state index in [1.165, 1.54) is 7.11 Å². The van der Waals surface area contributed by atoms with Crippen molar-refractivity contribution in [3.63, 3.8) is 0 Å². The number of benzene rings is 1. The molecule has 1 aliphatic rings. The second-order valence-corrected chi connectivity index (χ2v) is 8.46. The molecule has 0 spiro atoms. The van der Waals surface area contributed by atoms with E-state index in [1.54, 1.807) is 0 Å². The van der Waals surface area contributed by atoms with E-state index in [2.05, 4.69) is 15.3 Å². The fourth-order valence-electron chi connectivity index (χ4n) is 3.19. The van der Waals surface area contributed by atoms with E-state index >= 15 is 0 Å². The predicted molar refractivity (Wildman–Crippen MR) is 107 cm³/mol. The molecule has 0 atom stereocenters. The minimum Gasteiger partial charge on any atom is -0.496 e. The second kappa shape index (κ2) is 8.89. The van der Waals surface area contributed by atoms with Crippen LogP contribution < -0.4 is 15.8 Å². The van der Waals surface area contributed by atoms with Crippen LogP contribution in [0.1, 0.15) is 28.8 Å². The zero-order valence-corrected chi connectivity index (χ0v) is 17.2. The number of rotatable bonds is 7. The van der Waals surface area contributed by atoms with Gasteiger partial charge in [0.15, 0.2) is 11.6 Å². The van der Waals surface area contributed by atoms with E-state index in [-0.39, 0.29) is 47.8 Å². The van der Waals surface area contributed by atoms with Crippen LogP contribution in [0.5, 0.6) is 5.75 Å². The topological polar surface area (TPSA) is 145 Å². The molecule has 3 rings (SSSR count). The average molecular weight is 455 g/mol. The summed E-state index contributed by atoms with van der Waals surface area (Å²) in [7, 11) is -2.70. The minimum absolute atomic E-state index is 0.0809. The summed E-state index contributed by atoms with van der Waals surface area (Å²) < 4.78 is 57.0. The highest BCUT2D eigenvalue weighted by molar-refractivity contribution is 8.02. The van der Waals surface area contributed by atoms with Gasteiger partial charge < -0.3 is 15.8 Å². The normalized spacial score (nSPS) is 15.5. The van der Waals surface area contributed by atoms with Gasteiger partial charge in [-0.15, -0.1) is 0 Å². The number of hydrogen-bond acceptors (Lipinski definition) is 9. The van der Waals surface area contributed by atoms with Gasteiger partial charge in [0, 0.05) is 25.3 Å². The van der Waals surface area contributed by atoms with Crippen LogP contribution in [0.3, 0.4) is 0 Å². The lowest BCUT2D eigenvalue weighted by Crippen LogP contribution is -2.42. The number of nitrogen functional groups attached to an aromatic ring is 1. The average Bonchev–Trinajstić information content (AvgIpc) is 2.75. The highest BCUT2D eigenvalue weighted by atomic mass is 32.2. The van der Waals surface area contributed by atoms with Crippen LogP contribution in [0.25, 0.3) is 0 Å². The third-order valence-electron chi connectivity index (χ3n) is 4.84. The van der Waals surface area contributed by atoms with Crippen molar-refractivity contribution >= 4 is 33.2 Å². The van der Waals surface area contributed by atoms with E-state index in [0.717, 1.165) is 22.6 Å². The number of nitrogens with zero attached hydrogens (tertiary/aromatic N) is 3. The van der Waals surface area contributed by atoms with Crippen LogP contribution in [-0.2, 0) is 14.8 Å². The Morgan fingerprint density at radius 3 is 2.58 bits per heavy atom. The smallest absolute Gasteiger partial charge is 0.273 e. The number of methoxy groups -OCH3 is 1. The molecule has 166 valence electrons. The van der Waals surface area contributed by atoms with Gasteiger partial charge in [0.25, 0.3) is 10.0 Å². The summed E-state index contributed by atoms with van der Waals surface area (Å²) in [6, 6.07) is 1.76. The molecule has 0 unspecified atom stereocenters. The lowest BCUT2D eigenvalue weighted by Gasteiger charge is -2.30. The van der Waals surface area contributed by atoms with Gasteiger partial charge in [-0.3, -0.25) is 9.59 Å². The van der Waals surface area contributed by atoms with Crippen molar-refractivity contribution in [1.29, 1.82) is 0 Å². The van der Waals surface area contributed by atoms with Gasteiger partial charge in [-0.25, -0.2) is 22.2 Å². The first-order valence-corrected chi connectivity index (χ1v) is 10.6. The standard InChI is InChI=1S/C18H19F2N5O5S/c1-30-13-3-2-12(19)15(20)14(13)16(27)11-8-22-18(24-17(11)21)23-10-4-6-25(7-5-10)31(28,29)9-26/h2-3,8-10H,4-7H2,1H3,(H3,21,22,23,24). The van der Waals surface area contributed by atoms with Crippen LogP contribution in [-0.4, -0.2) is 60.3 Å². The second-order valence-electron chi connectivity index (χ2n) is 6.72. The SMILES string of the molecule is COc1ccc(F)c(F)c1C(=O)c1cnc(NC2CCN(S(=O)(=O)C=O)CC2)nc1N. The molecule has 13 heteroatoms. The summed E-state index contributed by atoms with van der Waals surface area (Å²) >= 11 is 0. The van der Waals surface area contributed by atoms with Crippen LogP contribution >= 0.6 is 0 Å². The molecule has 1 aromatic heterocycles. The van der Waals surface area contributed by atoms with Gasteiger partial charge in [0.1, 0.15) is 17.1 Å². The Bertz CT molecular complexity index is 1120. The Balaban J connectivity index is 1.75. The Kier molecular flexibility index (Phi) is 6.45. The molecule has 1 saturated heterocycles. The largest absolute Gasteiger partial charge is 0.496 e. The zero-order valence-electron chi connectivity index (χ0n) is 16.3. The van der Waals surface area contributed by atoms with Gasteiger partial charge in [-0.1, -0.05) is 0 Å². The molecule has 1 aromatic carbocycles.